The average molecular weight is 208 g/mol. The zero-order chi connectivity index (χ0) is 10.8. The van der Waals surface area contributed by atoms with E-state index in [1.165, 1.54) is 0 Å². The van der Waals surface area contributed by atoms with Gasteiger partial charge in [-0.25, -0.2) is 4.98 Å². The maximum Gasteiger partial charge on any atom is 0.223 e. The summed E-state index contributed by atoms with van der Waals surface area (Å²) in [4.78, 5) is 12.6. The molecular weight excluding hydrogens is 192 g/mol. The van der Waals surface area contributed by atoms with Gasteiger partial charge in [0.15, 0.2) is 5.82 Å². The van der Waals surface area contributed by atoms with Crippen LogP contribution in [0.3, 0.4) is 0 Å². The molecule has 1 unspecified atom stereocenters. The largest absolute Gasteiger partial charge is 0.371 e. The number of rotatable bonds is 4. The van der Waals surface area contributed by atoms with E-state index in [1.54, 1.807) is 0 Å². The highest BCUT2D eigenvalue weighted by Gasteiger charge is 2.28. The highest BCUT2D eigenvalue weighted by molar-refractivity contribution is 5.20. The second-order valence-corrected chi connectivity index (χ2v) is 3.78. The van der Waals surface area contributed by atoms with Crippen molar-refractivity contribution in [2.75, 3.05) is 12.3 Å². The van der Waals surface area contributed by atoms with Crippen LogP contribution in [-0.2, 0) is 4.74 Å². The molecule has 0 spiro atoms. The summed E-state index contributed by atoms with van der Waals surface area (Å²) in [6.07, 6.45) is 2.20. The van der Waals surface area contributed by atoms with Crippen molar-refractivity contribution in [2.45, 2.75) is 38.7 Å². The van der Waals surface area contributed by atoms with Crippen molar-refractivity contribution in [1.29, 1.82) is 0 Å². The van der Waals surface area contributed by atoms with E-state index in [4.69, 9.17) is 10.5 Å². The Bertz CT molecular complexity index is 351. The molecule has 2 N–H and O–H groups in total. The zero-order valence-corrected chi connectivity index (χ0v) is 9.10. The first kappa shape index (κ1) is 10.3. The third kappa shape index (κ3) is 2.41. The molecule has 0 saturated heterocycles. The number of aromatic nitrogens is 3. The Labute approximate surface area is 89.1 Å². The molecule has 0 bridgehead atoms. The van der Waals surface area contributed by atoms with Crippen LogP contribution >= 0.6 is 0 Å². The second-order valence-electron chi connectivity index (χ2n) is 3.78. The molecule has 1 aromatic heterocycles. The zero-order valence-electron chi connectivity index (χ0n) is 9.10. The van der Waals surface area contributed by atoms with E-state index in [-0.39, 0.29) is 6.10 Å². The van der Waals surface area contributed by atoms with Crippen LogP contribution in [0.25, 0.3) is 0 Å². The van der Waals surface area contributed by atoms with Gasteiger partial charge in [-0.05, 0) is 26.7 Å². The number of hydrogen-bond acceptors (Lipinski definition) is 5. The van der Waals surface area contributed by atoms with Gasteiger partial charge in [0, 0.05) is 12.5 Å². The first-order chi connectivity index (χ1) is 7.20. The molecule has 1 aromatic rings. The van der Waals surface area contributed by atoms with E-state index < -0.39 is 0 Å². The van der Waals surface area contributed by atoms with Crippen LogP contribution < -0.4 is 5.73 Å². The summed E-state index contributed by atoms with van der Waals surface area (Å²) in [6.45, 7) is 4.52. The molecule has 0 aliphatic heterocycles. The number of hydrogen-bond donors (Lipinski definition) is 1. The highest BCUT2D eigenvalue weighted by atomic mass is 16.5. The van der Waals surface area contributed by atoms with Crippen molar-refractivity contribution in [3.63, 3.8) is 0 Å². The van der Waals surface area contributed by atoms with Gasteiger partial charge in [-0.3, -0.25) is 0 Å². The third-order valence-corrected chi connectivity index (χ3v) is 2.41. The number of ether oxygens (including phenoxy) is 1. The third-order valence-electron chi connectivity index (χ3n) is 2.41. The lowest BCUT2D eigenvalue weighted by Gasteiger charge is -2.11. The number of anilines is 1. The maximum absolute atomic E-state index is 5.64. The summed E-state index contributed by atoms with van der Waals surface area (Å²) in [5, 5.41) is 0. The van der Waals surface area contributed by atoms with Crippen LogP contribution in [0.2, 0.25) is 0 Å². The van der Waals surface area contributed by atoms with Gasteiger partial charge in [0.25, 0.3) is 0 Å². The van der Waals surface area contributed by atoms with Crippen LogP contribution in [0.15, 0.2) is 0 Å². The fourth-order valence-electron chi connectivity index (χ4n) is 1.46. The Kier molecular flexibility index (Phi) is 2.81. The molecule has 0 aromatic carbocycles. The summed E-state index contributed by atoms with van der Waals surface area (Å²) >= 11 is 0. The van der Waals surface area contributed by atoms with Gasteiger partial charge in [-0.2, -0.15) is 9.97 Å². The first-order valence-corrected chi connectivity index (χ1v) is 5.33. The topological polar surface area (TPSA) is 73.9 Å². The minimum atomic E-state index is -0.113. The maximum atomic E-state index is 5.64. The summed E-state index contributed by atoms with van der Waals surface area (Å²) in [5.41, 5.74) is 5.64. The minimum Gasteiger partial charge on any atom is -0.371 e. The first-order valence-electron chi connectivity index (χ1n) is 5.33. The van der Waals surface area contributed by atoms with Gasteiger partial charge >= 0.3 is 0 Å². The van der Waals surface area contributed by atoms with Gasteiger partial charge < -0.3 is 10.5 Å². The monoisotopic (exact) mass is 208 g/mol. The molecule has 5 nitrogen and oxygen atoms in total. The lowest BCUT2D eigenvalue weighted by molar-refractivity contribution is 0.0698. The summed E-state index contributed by atoms with van der Waals surface area (Å²) in [6, 6.07) is 0. The Balaban J connectivity index is 2.22. The number of nitrogen functional groups attached to an aromatic ring is 1. The molecule has 82 valence electrons. The highest BCUT2D eigenvalue weighted by Crippen LogP contribution is 2.38. The van der Waals surface area contributed by atoms with Crippen LogP contribution in [0.1, 0.15) is 50.4 Å². The molecule has 5 heteroatoms. The predicted octanol–water partition coefficient (Wildman–Crippen LogP) is 1.43. The van der Waals surface area contributed by atoms with E-state index >= 15 is 0 Å². The van der Waals surface area contributed by atoms with Crippen LogP contribution in [0.5, 0.6) is 0 Å². The lowest BCUT2D eigenvalue weighted by atomic mass is 10.3. The quantitative estimate of drug-likeness (QED) is 0.810. The van der Waals surface area contributed by atoms with Crippen LogP contribution in [0, 0.1) is 0 Å². The van der Waals surface area contributed by atoms with E-state index in [0.717, 1.165) is 18.7 Å². The molecule has 1 heterocycles. The fraction of sp³-hybridized carbons (Fsp3) is 0.700. The molecule has 0 amide bonds. The summed E-state index contributed by atoms with van der Waals surface area (Å²) in [7, 11) is 0. The molecular formula is C10H16N4O. The van der Waals surface area contributed by atoms with Gasteiger partial charge in [0.2, 0.25) is 5.95 Å². The van der Waals surface area contributed by atoms with Crippen molar-refractivity contribution in [3.05, 3.63) is 11.6 Å². The standard InChI is InChI=1S/C10H16N4O/c1-3-15-6(2)8-12-9(7-4-5-7)14-10(11)13-8/h6-7H,3-5H2,1-2H3,(H2,11,12,13,14). The smallest absolute Gasteiger partial charge is 0.223 e. The molecule has 1 atom stereocenters. The number of nitrogens with two attached hydrogens (primary N) is 1. The van der Waals surface area contributed by atoms with E-state index in [1.807, 2.05) is 13.8 Å². The van der Waals surface area contributed by atoms with Crippen molar-refractivity contribution in [1.82, 2.24) is 15.0 Å². The lowest BCUT2D eigenvalue weighted by Crippen LogP contribution is -2.11. The van der Waals surface area contributed by atoms with E-state index in [2.05, 4.69) is 15.0 Å². The van der Waals surface area contributed by atoms with Gasteiger partial charge in [-0.15, -0.1) is 0 Å². The Morgan fingerprint density at radius 3 is 2.73 bits per heavy atom. The Hall–Kier alpha value is -1.23. The predicted molar refractivity (Wildman–Crippen MR) is 56.3 cm³/mol. The Morgan fingerprint density at radius 1 is 1.40 bits per heavy atom. The van der Waals surface area contributed by atoms with Gasteiger partial charge in [0.05, 0.1) is 0 Å². The number of nitrogens with zero attached hydrogens (tertiary/aromatic N) is 3. The van der Waals surface area contributed by atoms with Crippen LogP contribution in [-0.4, -0.2) is 21.6 Å². The second kappa shape index (κ2) is 4.10. The van der Waals surface area contributed by atoms with Crippen molar-refractivity contribution in [2.24, 2.45) is 0 Å². The van der Waals surface area contributed by atoms with Crippen molar-refractivity contribution < 1.29 is 4.74 Å². The summed E-state index contributed by atoms with van der Waals surface area (Å²) < 4.78 is 5.43. The molecule has 0 radical (unpaired) electrons. The normalized spacial score (nSPS) is 17.7. The molecule has 1 saturated carbocycles. The van der Waals surface area contributed by atoms with Crippen molar-refractivity contribution >= 4 is 5.95 Å². The SMILES string of the molecule is CCOC(C)c1nc(N)nc(C2CC2)n1. The summed E-state index contributed by atoms with van der Waals surface area (Å²) in [5.74, 6) is 2.26. The van der Waals surface area contributed by atoms with E-state index in [9.17, 15) is 0 Å². The average Bonchev–Trinajstić information content (AvgIpc) is 3.00. The molecule has 1 aliphatic carbocycles. The van der Waals surface area contributed by atoms with Crippen molar-refractivity contribution in [3.8, 4) is 0 Å². The van der Waals surface area contributed by atoms with Crippen LogP contribution in [0.4, 0.5) is 5.95 Å². The molecule has 1 fully saturated rings. The van der Waals surface area contributed by atoms with E-state index in [0.29, 0.717) is 24.3 Å². The molecule has 2 rings (SSSR count). The Morgan fingerprint density at radius 2 is 2.13 bits per heavy atom. The molecule has 15 heavy (non-hydrogen) atoms. The minimum absolute atomic E-state index is 0.113. The molecule has 1 aliphatic rings. The van der Waals surface area contributed by atoms with Gasteiger partial charge in [0.1, 0.15) is 11.9 Å². The van der Waals surface area contributed by atoms with Gasteiger partial charge in [-0.1, -0.05) is 0 Å². The fourth-order valence-corrected chi connectivity index (χ4v) is 1.46.